The molecule has 1 aliphatic heterocycles. The van der Waals surface area contributed by atoms with E-state index in [1.807, 2.05) is 7.05 Å². The van der Waals surface area contributed by atoms with Gasteiger partial charge < -0.3 is 10.2 Å². The number of nitrogens with zero attached hydrogens (tertiary/aromatic N) is 3. The minimum Gasteiger partial charge on any atom is -0.339 e. The van der Waals surface area contributed by atoms with Crippen LogP contribution in [0.1, 0.15) is 45.4 Å². The van der Waals surface area contributed by atoms with Gasteiger partial charge in [0.2, 0.25) is 5.95 Å². The molecule has 1 fully saturated rings. The van der Waals surface area contributed by atoms with Crippen LogP contribution in [0.3, 0.4) is 0 Å². The zero-order valence-electron chi connectivity index (χ0n) is 12.6. The number of nitrogens with one attached hydrogen (secondary N) is 2. The lowest BCUT2D eigenvalue weighted by atomic mass is 9.97. The third kappa shape index (κ3) is 3.47. The highest BCUT2D eigenvalue weighted by Crippen LogP contribution is 2.24. The summed E-state index contributed by atoms with van der Waals surface area (Å²) in [5.41, 5.74) is 0. The van der Waals surface area contributed by atoms with Gasteiger partial charge in [-0.2, -0.15) is 4.98 Å². The maximum atomic E-state index is 4.69. The van der Waals surface area contributed by atoms with E-state index in [0.29, 0.717) is 17.8 Å². The summed E-state index contributed by atoms with van der Waals surface area (Å²) in [7, 11) is 2.02. The van der Waals surface area contributed by atoms with Crippen molar-refractivity contribution in [3.8, 4) is 0 Å². The fraction of sp³-hybridized carbons (Fsp3) is 0.857. The van der Waals surface area contributed by atoms with Gasteiger partial charge in [0, 0.05) is 19.0 Å². The Balaban J connectivity index is 2.01. The molecule has 2 rings (SSSR count). The van der Waals surface area contributed by atoms with Gasteiger partial charge in [-0.3, -0.25) is 5.10 Å². The number of aromatic nitrogens is 3. The third-order valence-corrected chi connectivity index (χ3v) is 4.22. The summed E-state index contributed by atoms with van der Waals surface area (Å²) in [6.45, 7) is 9.86. The van der Waals surface area contributed by atoms with Gasteiger partial charge in [-0.25, -0.2) is 0 Å². The predicted molar refractivity (Wildman–Crippen MR) is 78.5 cm³/mol. The van der Waals surface area contributed by atoms with Crippen LogP contribution in [-0.4, -0.2) is 41.9 Å². The van der Waals surface area contributed by atoms with Crippen LogP contribution < -0.4 is 10.2 Å². The quantitative estimate of drug-likeness (QED) is 0.855. The second kappa shape index (κ2) is 6.37. The molecule has 0 saturated carbocycles. The van der Waals surface area contributed by atoms with Gasteiger partial charge in [0.1, 0.15) is 5.82 Å². The second-order valence-electron chi connectivity index (χ2n) is 6.07. The van der Waals surface area contributed by atoms with Crippen molar-refractivity contribution in [2.45, 2.75) is 39.5 Å². The molecule has 1 aliphatic rings. The van der Waals surface area contributed by atoms with Gasteiger partial charge in [0.05, 0.1) is 0 Å². The molecule has 0 amide bonds. The van der Waals surface area contributed by atoms with Gasteiger partial charge in [0.25, 0.3) is 0 Å². The Labute approximate surface area is 116 Å². The average molecular weight is 265 g/mol. The Hall–Kier alpha value is -1.10. The number of rotatable bonds is 5. The lowest BCUT2D eigenvalue weighted by molar-refractivity contribution is 0.399. The van der Waals surface area contributed by atoms with E-state index in [1.165, 1.54) is 12.8 Å². The highest BCUT2D eigenvalue weighted by Gasteiger charge is 2.23. The van der Waals surface area contributed by atoms with Crippen molar-refractivity contribution >= 4 is 5.95 Å². The molecule has 2 unspecified atom stereocenters. The van der Waals surface area contributed by atoms with Crippen LogP contribution in [0.15, 0.2) is 0 Å². The van der Waals surface area contributed by atoms with E-state index in [-0.39, 0.29) is 0 Å². The van der Waals surface area contributed by atoms with E-state index in [9.17, 15) is 0 Å². The van der Waals surface area contributed by atoms with Crippen LogP contribution in [0.4, 0.5) is 5.95 Å². The molecule has 2 N–H and O–H groups in total. The van der Waals surface area contributed by atoms with Crippen LogP contribution in [0.5, 0.6) is 0 Å². The largest absolute Gasteiger partial charge is 0.339 e. The van der Waals surface area contributed by atoms with Gasteiger partial charge in [0.15, 0.2) is 0 Å². The summed E-state index contributed by atoms with van der Waals surface area (Å²) in [5, 5.41) is 10.8. The summed E-state index contributed by atoms with van der Waals surface area (Å²) in [6.07, 6.45) is 2.53. The second-order valence-corrected chi connectivity index (χ2v) is 6.07. The Bertz CT molecular complexity index is 385. The molecule has 1 aromatic heterocycles. The maximum absolute atomic E-state index is 4.69. The summed E-state index contributed by atoms with van der Waals surface area (Å²) in [4.78, 5) is 7.01. The molecule has 19 heavy (non-hydrogen) atoms. The number of hydrogen-bond donors (Lipinski definition) is 2. The van der Waals surface area contributed by atoms with Crippen LogP contribution in [0.25, 0.3) is 0 Å². The van der Waals surface area contributed by atoms with E-state index >= 15 is 0 Å². The Morgan fingerprint density at radius 3 is 2.89 bits per heavy atom. The normalized spacial score (nSPS) is 21.9. The molecule has 0 aromatic carbocycles. The molecular weight excluding hydrogens is 238 g/mol. The third-order valence-electron chi connectivity index (χ3n) is 4.22. The van der Waals surface area contributed by atoms with Gasteiger partial charge >= 0.3 is 0 Å². The molecule has 0 spiro atoms. The summed E-state index contributed by atoms with van der Waals surface area (Å²) < 4.78 is 0. The molecule has 2 atom stereocenters. The van der Waals surface area contributed by atoms with Gasteiger partial charge in [-0.1, -0.05) is 20.8 Å². The lowest BCUT2D eigenvalue weighted by Gasteiger charge is -2.31. The topological polar surface area (TPSA) is 56.8 Å². The predicted octanol–water partition coefficient (Wildman–Crippen LogP) is 2.00. The summed E-state index contributed by atoms with van der Waals surface area (Å²) in [5.74, 6) is 3.62. The molecule has 1 aromatic rings. The van der Waals surface area contributed by atoms with E-state index in [0.717, 1.165) is 31.4 Å². The van der Waals surface area contributed by atoms with Gasteiger partial charge in [-0.15, -0.1) is 5.10 Å². The first-order valence-electron chi connectivity index (χ1n) is 7.43. The first-order valence-corrected chi connectivity index (χ1v) is 7.43. The Morgan fingerprint density at radius 2 is 2.21 bits per heavy atom. The Kier molecular flexibility index (Phi) is 4.80. The number of aromatic amines is 1. The zero-order valence-corrected chi connectivity index (χ0v) is 12.6. The van der Waals surface area contributed by atoms with Crippen molar-refractivity contribution in [3.05, 3.63) is 5.82 Å². The van der Waals surface area contributed by atoms with Crippen molar-refractivity contribution in [2.75, 3.05) is 31.6 Å². The SMILES string of the molecule is CNCC1CCCN(c2n[nH]c(C(C)C(C)C)n2)C1. The smallest absolute Gasteiger partial charge is 0.244 e. The summed E-state index contributed by atoms with van der Waals surface area (Å²) >= 11 is 0. The van der Waals surface area contributed by atoms with E-state index < -0.39 is 0 Å². The standard InChI is InChI=1S/C14H27N5/c1-10(2)11(3)13-16-14(18-17-13)19-7-5-6-12(9-19)8-15-4/h10-12,15H,5-9H2,1-4H3,(H,16,17,18). The van der Waals surface area contributed by atoms with E-state index in [2.05, 4.69) is 46.2 Å². The van der Waals surface area contributed by atoms with Crippen molar-refractivity contribution in [1.29, 1.82) is 0 Å². The molecule has 108 valence electrons. The number of hydrogen-bond acceptors (Lipinski definition) is 4. The minimum atomic E-state index is 0.430. The first-order chi connectivity index (χ1) is 9.11. The van der Waals surface area contributed by atoms with Crippen molar-refractivity contribution in [1.82, 2.24) is 20.5 Å². The van der Waals surface area contributed by atoms with Crippen molar-refractivity contribution in [2.24, 2.45) is 11.8 Å². The van der Waals surface area contributed by atoms with E-state index in [1.54, 1.807) is 0 Å². The molecular formula is C14H27N5. The molecule has 5 heteroatoms. The zero-order chi connectivity index (χ0) is 13.8. The summed E-state index contributed by atoms with van der Waals surface area (Å²) in [6, 6.07) is 0. The lowest BCUT2D eigenvalue weighted by Crippen LogP contribution is -2.39. The Morgan fingerprint density at radius 1 is 1.42 bits per heavy atom. The van der Waals surface area contributed by atoms with Crippen LogP contribution in [0, 0.1) is 11.8 Å². The highest BCUT2D eigenvalue weighted by molar-refractivity contribution is 5.30. The number of piperidine rings is 1. The minimum absolute atomic E-state index is 0.430. The number of anilines is 1. The monoisotopic (exact) mass is 265 g/mol. The number of H-pyrrole nitrogens is 1. The van der Waals surface area contributed by atoms with Gasteiger partial charge in [-0.05, 0) is 38.3 Å². The van der Waals surface area contributed by atoms with Crippen LogP contribution >= 0.6 is 0 Å². The fourth-order valence-corrected chi connectivity index (χ4v) is 2.63. The average Bonchev–Trinajstić information content (AvgIpc) is 2.88. The molecule has 0 bridgehead atoms. The first kappa shape index (κ1) is 14.3. The van der Waals surface area contributed by atoms with Crippen molar-refractivity contribution < 1.29 is 0 Å². The maximum Gasteiger partial charge on any atom is 0.244 e. The molecule has 5 nitrogen and oxygen atoms in total. The van der Waals surface area contributed by atoms with Crippen LogP contribution in [0.2, 0.25) is 0 Å². The van der Waals surface area contributed by atoms with Crippen molar-refractivity contribution in [3.63, 3.8) is 0 Å². The molecule has 2 heterocycles. The molecule has 0 radical (unpaired) electrons. The highest BCUT2D eigenvalue weighted by atomic mass is 15.4. The molecule has 1 saturated heterocycles. The van der Waals surface area contributed by atoms with E-state index in [4.69, 9.17) is 0 Å². The molecule has 0 aliphatic carbocycles. The fourth-order valence-electron chi connectivity index (χ4n) is 2.63. The van der Waals surface area contributed by atoms with Crippen LogP contribution in [-0.2, 0) is 0 Å².